The molecule has 1 aromatic rings. The zero-order chi connectivity index (χ0) is 11.3. The predicted octanol–water partition coefficient (Wildman–Crippen LogP) is 1.09. The molecule has 0 fully saturated rings. The van der Waals surface area contributed by atoms with Crippen LogP contribution in [0.2, 0.25) is 0 Å². The summed E-state index contributed by atoms with van der Waals surface area (Å²) in [5, 5.41) is 2.93. The Labute approximate surface area is 88.9 Å². The highest BCUT2D eigenvalue weighted by Crippen LogP contribution is 2.09. The Hall–Kier alpha value is -1.65. The summed E-state index contributed by atoms with van der Waals surface area (Å²) in [7, 11) is 1.37. The molecule has 5 nitrogen and oxygen atoms in total. The van der Waals surface area contributed by atoms with Crippen molar-refractivity contribution in [2.45, 2.75) is 19.9 Å². The van der Waals surface area contributed by atoms with Crippen LogP contribution in [-0.2, 0) is 9.53 Å². The molecule has 0 aromatic carbocycles. The van der Waals surface area contributed by atoms with Crippen LogP contribution >= 0.6 is 0 Å². The number of esters is 1. The van der Waals surface area contributed by atoms with E-state index in [0.717, 1.165) is 0 Å². The summed E-state index contributed by atoms with van der Waals surface area (Å²) in [4.78, 5) is 19.4. The van der Waals surface area contributed by atoms with E-state index in [-0.39, 0.29) is 11.9 Å². The number of nitrogens with one attached hydrogen (secondary N) is 1. The van der Waals surface area contributed by atoms with Gasteiger partial charge in [0.15, 0.2) is 0 Å². The first-order chi connectivity index (χ1) is 7.15. The highest BCUT2D eigenvalue weighted by Gasteiger charge is 2.23. The molecule has 1 heterocycles. The third kappa shape index (κ3) is 3.19. The summed E-state index contributed by atoms with van der Waals surface area (Å²) in [5.74, 6) is 0.236. The Morgan fingerprint density at radius 3 is 2.47 bits per heavy atom. The third-order valence-corrected chi connectivity index (χ3v) is 1.97. The maximum absolute atomic E-state index is 11.4. The van der Waals surface area contributed by atoms with Gasteiger partial charge in [-0.15, -0.1) is 0 Å². The molecule has 1 aromatic heterocycles. The Balaban J connectivity index is 2.72. The first-order valence-corrected chi connectivity index (χ1v) is 4.76. The van der Waals surface area contributed by atoms with E-state index >= 15 is 0 Å². The van der Waals surface area contributed by atoms with Crippen molar-refractivity contribution in [2.24, 2.45) is 5.92 Å². The van der Waals surface area contributed by atoms with Gasteiger partial charge < -0.3 is 10.1 Å². The minimum atomic E-state index is -0.419. The molecule has 0 radical (unpaired) electrons. The second-order valence-corrected chi connectivity index (χ2v) is 3.46. The normalized spacial score (nSPS) is 12.3. The second kappa shape index (κ2) is 5.29. The number of hydrogen-bond acceptors (Lipinski definition) is 5. The lowest BCUT2D eigenvalue weighted by atomic mass is 10.1. The minimum absolute atomic E-state index is 0.112. The molecule has 5 heteroatoms. The van der Waals surface area contributed by atoms with Crippen molar-refractivity contribution in [1.29, 1.82) is 0 Å². The van der Waals surface area contributed by atoms with Crippen LogP contribution in [0.25, 0.3) is 0 Å². The standard InChI is InChI=1S/C10H15N3O2/c1-7(2)8(9(14)15-3)13-10-11-5-4-6-12-10/h4-8H,1-3H3,(H,11,12,13). The number of carbonyl (C=O) groups excluding carboxylic acids is 1. The predicted molar refractivity (Wildman–Crippen MR) is 56.3 cm³/mol. The summed E-state index contributed by atoms with van der Waals surface area (Å²) in [6.07, 6.45) is 3.23. The number of rotatable bonds is 4. The van der Waals surface area contributed by atoms with Crippen LogP contribution in [0.1, 0.15) is 13.8 Å². The van der Waals surface area contributed by atoms with E-state index in [1.807, 2.05) is 13.8 Å². The fourth-order valence-corrected chi connectivity index (χ4v) is 1.14. The van der Waals surface area contributed by atoms with Gasteiger partial charge >= 0.3 is 5.97 Å². The number of aromatic nitrogens is 2. The average molecular weight is 209 g/mol. The van der Waals surface area contributed by atoms with Crippen molar-refractivity contribution in [1.82, 2.24) is 9.97 Å². The molecule has 0 aliphatic heterocycles. The Kier molecular flexibility index (Phi) is 4.03. The molecule has 0 spiro atoms. The SMILES string of the molecule is COC(=O)C(Nc1ncccn1)C(C)C. The minimum Gasteiger partial charge on any atom is -0.467 e. The zero-order valence-electron chi connectivity index (χ0n) is 9.10. The molecule has 15 heavy (non-hydrogen) atoms. The number of methoxy groups -OCH3 is 1. The quantitative estimate of drug-likeness (QED) is 0.752. The van der Waals surface area contributed by atoms with Gasteiger partial charge in [0.1, 0.15) is 6.04 Å². The largest absolute Gasteiger partial charge is 0.467 e. The van der Waals surface area contributed by atoms with Gasteiger partial charge in [0, 0.05) is 12.4 Å². The Bertz CT molecular complexity index is 314. The van der Waals surface area contributed by atoms with E-state index in [1.165, 1.54) is 7.11 Å². The van der Waals surface area contributed by atoms with Crippen LogP contribution in [-0.4, -0.2) is 29.1 Å². The van der Waals surface area contributed by atoms with Gasteiger partial charge in [-0.25, -0.2) is 14.8 Å². The van der Waals surface area contributed by atoms with E-state index in [2.05, 4.69) is 20.0 Å². The van der Waals surface area contributed by atoms with E-state index in [9.17, 15) is 4.79 Å². The number of ether oxygens (including phenoxy) is 1. The summed E-state index contributed by atoms with van der Waals surface area (Å²) in [6, 6.07) is 1.30. The topological polar surface area (TPSA) is 64.1 Å². The summed E-state index contributed by atoms with van der Waals surface area (Å²) in [6.45, 7) is 3.86. The monoisotopic (exact) mass is 209 g/mol. The van der Waals surface area contributed by atoms with Crippen molar-refractivity contribution in [3.63, 3.8) is 0 Å². The van der Waals surface area contributed by atoms with Gasteiger partial charge in [-0.1, -0.05) is 13.8 Å². The van der Waals surface area contributed by atoms with Crippen molar-refractivity contribution < 1.29 is 9.53 Å². The van der Waals surface area contributed by atoms with Gasteiger partial charge in [-0.2, -0.15) is 0 Å². The lowest BCUT2D eigenvalue weighted by Gasteiger charge is -2.19. The molecule has 82 valence electrons. The van der Waals surface area contributed by atoms with Crippen LogP contribution in [0.3, 0.4) is 0 Å². The summed E-state index contributed by atoms with van der Waals surface area (Å²) >= 11 is 0. The van der Waals surface area contributed by atoms with Gasteiger partial charge in [-0.3, -0.25) is 0 Å². The summed E-state index contributed by atoms with van der Waals surface area (Å²) < 4.78 is 4.69. The molecule has 1 atom stereocenters. The molecule has 0 saturated carbocycles. The Morgan fingerprint density at radius 1 is 1.40 bits per heavy atom. The van der Waals surface area contributed by atoms with Crippen molar-refractivity contribution in [2.75, 3.05) is 12.4 Å². The maximum Gasteiger partial charge on any atom is 0.328 e. The van der Waals surface area contributed by atoms with Crippen LogP contribution in [0.15, 0.2) is 18.5 Å². The molecule has 0 aliphatic rings. The molecular weight excluding hydrogens is 194 g/mol. The smallest absolute Gasteiger partial charge is 0.328 e. The Morgan fingerprint density at radius 2 is 2.00 bits per heavy atom. The lowest BCUT2D eigenvalue weighted by molar-refractivity contribution is -0.142. The first kappa shape index (κ1) is 11.4. The molecule has 1 rings (SSSR count). The van der Waals surface area contributed by atoms with Gasteiger partial charge in [0.25, 0.3) is 0 Å². The molecule has 1 unspecified atom stereocenters. The highest BCUT2D eigenvalue weighted by molar-refractivity contribution is 5.78. The van der Waals surface area contributed by atoms with Crippen molar-refractivity contribution >= 4 is 11.9 Å². The van der Waals surface area contributed by atoms with Crippen LogP contribution in [0.4, 0.5) is 5.95 Å². The highest BCUT2D eigenvalue weighted by atomic mass is 16.5. The number of carbonyl (C=O) groups is 1. The molecule has 0 amide bonds. The lowest BCUT2D eigenvalue weighted by Crippen LogP contribution is -2.36. The van der Waals surface area contributed by atoms with E-state index < -0.39 is 6.04 Å². The molecule has 0 aliphatic carbocycles. The second-order valence-electron chi connectivity index (χ2n) is 3.46. The van der Waals surface area contributed by atoms with E-state index in [0.29, 0.717) is 5.95 Å². The fourth-order valence-electron chi connectivity index (χ4n) is 1.14. The van der Waals surface area contributed by atoms with Crippen LogP contribution in [0, 0.1) is 5.92 Å². The average Bonchev–Trinajstić information content (AvgIpc) is 2.26. The van der Waals surface area contributed by atoms with Gasteiger partial charge in [-0.05, 0) is 12.0 Å². The molecule has 0 bridgehead atoms. The first-order valence-electron chi connectivity index (χ1n) is 4.76. The number of hydrogen-bond donors (Lipinski definition) is 1. The van der Waals surface area contributed by atoms with Gasteiger partial charge in [0.05, 0.1) is 7.11 Å². The number of anilines is 1. The third-order valence-electron chi connectivity index (χ3n) is 1.97. The molecular formula is C10H15N3O2. The van der Waals surface area contributed by atoms with E-state index in [1.54, 1.807) is 18.5 Å². The zero-order valence-corrected chi connectivity index (χ0v) is 9.10. The van der Waals surface area contributed by atoms with Crippen LogP contribution in [0.5, 0.6) is 0 Å². The van der Waals surface area contributed by atoms with Crippen molar-refractivity contribution in [3.8, 4) is 0 Å². The molecule has 1 N–H and O–H groups in total. The fraction of sp³-hybridized carbons (Fsp3) is 0.500. The van der Waals surface area contributed by atoms with E-state index in [4.69, 9.17) is 0 Å². The van der Waals surface area contributed by atoms with Crippen molar-refractivity contribution in [3.05, 3.63) is 18.5 Å². The number of nitrogens with zero attached hydrogens (tertiary/aromatic N) is 2. The summed E-state index contributed by atoms with van der Waals surface area (Å²) in [5.41, 5.74) is 0. The van der Waals surface area contributed by atoms with Crippen LogP contribution < -0.4 is 5.32 Å². The maximum atomic E-state index is 11.4. The molecule has 0 saturated heterocycles. The van der Waals surface area contributed by atoms with Gasteiger partial charge in [0.2, 0.25) is 5.95 Å².